The molecule has 0 aliphatic rings. The molecule has 2 rings (SSSR count). The molecule has 3 N–H and O–H groups in total. The highest BCUT2D eigenvalue weighted by Crippen LogP contribution is 2.14. The lowest BCUT2D eigenvalue weighted by molar-refractivity contribution is -0.135. The number of nitrogens with one attached hydrogen (secondary N) is 2. The van der Waals surface area contributed by atoms with Crippen LogP contribution < -0.4 is 15.4 Å². The van der Waals surface area contributed by atoms with Gasteiger partial charge in [-0.3, -0.25) is 14.4 Å². The topological polar surface area (TPSA) is 105 Å². The Morgan fingerprint density at radius 1 is 1.04 bits per heavy atom. The second kappa shape index (κ2) is 9.96. The molecule has 0 radical (unpaired) electrons. The molecule has 27 heavy (non-hydrogen) atoms. The fraction of sp³-hybridized carbons (Fsp3) is 0.250. The number of ether oxygens (including phenoxy) is 1. The minimum absolute atomic E-state index is 0.144. The maximum absolute atomic E-state index is 12.2. The lowest BCUT2D eigenvalue weighted by atomic mass is 10.1. The SMILES string of the molecule is CC(CCOc1ccccc1)C(=O)Nc1ccc(C(=O)NCC(=O)O)cc1. The van der Waals surface area contributed by atoms with Crippen LogP contribution in [0.2, 0.25) is 0 Å². The third-order valence-corrected chi connectivity index (χ3v) is 3.83. The van der Waals surface area contributed by atoms with Crippen LogP contribution in [0.15, 0.2) is 54.6 Å². The van der Waals surface area contributed by atoms with Gasteiger partial charge in [0.25, 0.3) is 5.91 Å². The number of anilines is 1. The molecule has 0 bridgehead atoms. The van der Waals surface area contributed by atoms with Crippen LogP contribution in [-0.2, 0) is 9.59 Å². The Hall–Kier alpha value is -3.35. The fourth-order valence-corrected chi connectivity index (χ4v) is 2.23. The molecule has 0 aromatic heterocycles. The standard InChI is InChI=1S/C20H22N2O5/c1-14(11-12-27-17-5-3-2-4-6-17)19(25)22-16-9-7-15(8-10-16)20(26)21-13-18(23)24/h2-10,14H,11-13H2,1H3,(H,21,26)(H,22,25)(H,23,24). The van der Waals surface area contributed by atoms with Gasteiger partial charge in [-0.1, -0.05) is 25.1 Å². The van der Waals surface area contributed by atoms with Crippen LogP contribution in [-0.4, -0.2) is 36.0 Å². The zero-order chi connectivity index (χ0) is 19.6. The Morgan fingerprint density at radius 2 is 1.70 bits per heavy atom. The van der Waals surface area contributed by atoms with Crippen molar-refractivity contribution in [1.82, 2.24) is 5.32 Å². The quantitative estimate of drug-likeness (QED) is 0.629. The highest BCUT2D eigenvalue weighted by molar-refractivity contribution is 5.97. The first-order chi connectivity index (χ1) is 13.0. The highest BCUT2D eigenvalue weighted by atomic mass is 16.5. The van der Waals surface area contributed by atoms with Gasteiger partial charge in [0.2, 0.25) is 5.91 Å². The molecule has 0 saturated carbocycles. The van der Waals surface area contributed by atoms with Gasteiger partial charge in [0.1, 0.15) is 12.3 Å². The third kappa shape index (κ3) is 6.81. The first kappa shape index (κ1) is 20.0. The van der Waals surface area contributed by atoms with E-state index in [0.717, 1.165) is 5.75 Å². The van der Waals surface area contributed by atoms with Gasteiger partial charge in [-0.25, -0.2) is 0 Å². The van der Waals surface area contributed by atoms with Crippen molar-refractivity contribution in [2.24, 2.45) is 5.92 Å². The van der Waals surface area contributed by atoms with Crippen LogP contribution in [0.3, 0.4) is 0 Å². The van der Waals surface area contributed by atoms with Crippen molar-refractivity contribution in [3.05, 3.63) is 60.2 Å². The van der Waals surface area contributed by atoms with Gasteiger partial charge in [-0.05, 0) is 42.8 Å². The average Bonchev–Trinajstić information content (AvgIpc) is 2.67. The van der Waals surface area contributed by atoms with E-state index in [2.05, 4.69) is 10.6 Å². The van der Waals surface area contributed by atoms with Gasteiger partial charge in [0.15, 0.2) is 0 Å². The predicted molar refractivity (Wildman–Crippen MR) is 101 cm³/mol. The summed E-state index contributed by atoms with van der Waals surface area (Å²) in [7, 11) is 0. The molecule has 2 aromatic carbocycles. The van der Waals surface area contributed by atoms with Crippen molar-refractivity contribution >= 4 is 23.5 Å². The number of carbonyl (C=O) groups is 3. The Morgan fingerprint density at radius 3 is 2.33 bits per heavy atom. The van der Waals surface area contributed by atoms with E-state index >= 15 is 0 Å². The van der Waals surface area contributed by atoms with E-state index < -0.39 is 18.4 Å². The van der Waals surface area contributed by atoms with Crippen LogP contribution in [0.5, 0.6) is 5.75 Å². The summed E-state index contributed by atoms with van der Waals surface area (Å²) in [4.78, 5) is 34.4. The average molecular weight is 370 g/mol. The van der Waals surface area contributed by atoms with Crippen molar-refractivity contribution in [2.45, 2.75) is 13.3 Å². The van der Waals surface area contributed by atoms with Gasteiger partial charge in [0.05, 0.1) is 6.61 Å². The van der Waals surface area contributed by atoms with Crippen molar-refractivity contribution in [1.29, 1.82) is 0 Å². The molecule has 7 heteroatoms. The molecule has 0 spiro atoms. The summed E-state index contributed by atoms with van der Waals surface area (Å²) in [5, 5.41) is 13.6. The zero-order valence-corrected chi connectivity index (χ0v) is 15.0. The Labute approximate surface area is 157 Å². The number of carboxylic acids is 1. The number of para-hydroxylation sites is 1. The number of carboxylic acid groups (broad SMARTS) is 1. The van der Waals surface area contributed by atoms with Crippen molar-refractivity contribution in [3.8, 4) is 5.75 Å². The minimum Gasteiger partial charge on any atom is -0.494 e. The lowest BCUT2D eigenvalue weighted by Gasteiger charge is -2.13. The molecule has 0 aliphatic carbocycles. The Balaban J connectivity index is 1.78. The van der Waals surface area contributed by atoms with Gasteiger partial charge >= 0.3 is 5.97 Å². The van der Waals surface area contributed by atoms with Crippen molar-refractivity contribution in [3.63, 3.8) is 0 Å². The van der Waals surface area contributed by atoms with Crippen LogP contribution in [0, 0.1) is 5.92 Å². The van der Waals surface area contributed by atoms with E-state index in [0.29, 0.717) is 24.3 Å². The molecule has 142 valence electrons. The second-order valence-corrected chi connectivity index (χ2v) is 5.99. The lowest BCUT2D eigenvalue weighted by Crippen LogP contribution is -2.29. The summed E-state index contributed by atoms with van der Waals surface area (Å²) in [5.74, 6) is -1.22. The maximum Gasteiger partial charge on any atom is 0.322 e. The van der Waals surface area contributed by atoms with Gasteiger partial charge in [0, 0.05) is 17.2 Å². The Bertz CT molecular complexity index is 775. The van der Waals surface area contributed by atoms with E-state index in [1.54, 1.807) is 12.1 Å². The largest absolute Gasteiger partial charge is 0.494 e. The van der Waals surface area contributed by atoms with Crippen LogP contribution >= 0.6 is 0 Å². The predicted octanol–water partition coefficient (Wildman–Crippen LogP) is 2.54. The van der Waals surface area contributed by atoms with Crippen LogP contribution in [0.4, 0.5) is 5.69 Å². The number of hydrogen-bond donors (Lipinski definition) is 3. The number of carbonyl (C=O) groups excluding carboxylic acids is 2. The highest BCUT2D eigenvalue weighted by Gasteiger charge is 2.14. The summed E-state index contributed by atoms with van der Waals surface area (Å²) < 4.78 is 5.59. The van der Waals surface area contributed by atoms with Gasteiger partial charge in [-0.15, -0.1) is 0 Å². The minimum atomic E-state index is -1.11. The van der Waals surface area contributed by atoms with E-state index in [4.69, 9.17) is 9.84 Å². The number of rotatable bonds is 9. The fourth-order valence-electron chi connectivity index (χ4n) is 2.23. The molecule has 2 aromatic rings. The molecule has 0 saturated heterocycles. The Kier molecular flexibility index (Phi) is 7.37. The van der Waals surface area contributed by atoms with Crippen LogP contribution in [0.1, 0.15) is 23.7 Å². The first-order valence-corrected chi connectivity index (χ1v) is 8.54. The summed E-state index contributed by atoms with van der Waals surface area (Å²) >= 11 is 0. The smallest absolute Gasteiger partial charge is 0.322 e. The van der Waals surface area contributed by atoms with Gasteiger partial charge < -0.3 is 20.5 Å². The third-order valence-electron chi connectivity index (χ3n) is 3.83. The van der Waals surface area contributed by atoms with Crippen molar-refractivity contribution in [2.75, 3.05) is 18.5 Å². The summed E-state index contributed by atoms with van der Waals surface area (Å²) in [6, 6.07) is 15.6. The van der Waals surface area contributed by atoms with Gasteiger partial charge in [-0.2, -0.15) is 0 Å². The number of aliphatic carboxylic acids is 1. The molecule has 0 aliphatic heterocycles. The molecule has 1 unspecified atom stereocenters. The summed E-state index contributed by atoms with van der Waals surface area (Å²) in [5.41, 5.74) is 0.879. The first-order valence-electron chi connectivity index (χ1n) is 8.54. The van der Waals surface area contributed by atoms with E-state index in [1.807, 2.05) is 37.3 Å². The molecule has 0 heterocycles. The molecular weight excluding hydrogens is 348 g/mol. The molecular formula is C20H22N2O5. The number of benzene rings is 2. The number of amides is 2. The normalized spacial score (nSPS) is 11.3. The molecule has 0 fully saturated rings. The second-order valence-electron chi connectivity index (χ2n) is 5.99. The van der Waals surface area contributed by atoms with Crippen LogP contribution in [0.25, 0.3) is 0 Å². The summed E-state index contributed by atoms with van der Waals surface area (Å²) in [6.45, 7) is 1.80. The monoisotopic (exact) mass is 370 g/mol. The van der Waals surface area contributed by atoms with E-state index in [-0.39, 0.29) is 11.8 Å². The zero-order valence-electron chi connectivity index (χ0n) is 15.0. The van der Waals surface area contributed by atoms with Crippen molar-refractivity contribution < 1.29 is 24.2 Å². The number of hydrogen-bond acceptors (Lipinski definition) is 4. The van der Waals surface area contributed by atoms with E-state index in [1.165, 1.54) is 12.1 Å². The summed E-state index contributed by atoms with van der Waals surface area (Å²) in [6.07, 6.45) is 0.566. The molecule has 1 atom stereocenters. The van der Waals surface area contributed by atoms with E-state index in [9.17, 15) is 14.4 Å². The molecule has 2 amide bonds. The molecule has 7 nitrogen and oxygen atoms in total. The maximum atomic E-state index is 12.2.